The summed E-state index contributed by atoms with van der Waals surface area (Å²) in [6.07, 6.45) is 6.79. The second-order valence-electron chi connectivity index (χ2n) is 3.47. The van der Waals surface area contributed by atoms with Crippen LogP contribution in [0, 0.1) is 5.92 Å². The highest BCUT2D eigenvalue weighted by atomic mass is 19.3. The van der Waals surface area contributed by atoms with E-state index in [2.05, 4.69) is 0 Å². The van der Waals surface area contributed by atoms with Crippen LogP contribution in [0.3, 0.4) is 0 Å². The first kappa shape index (κ1) is 9.69. The monoisotopic (exact) mass is 174 g/mol. The molecule has 2 heteroatoms. The van der Waals surface area contributed by atoms with E-state index in [-0.39, 0.29) is 0 Å². The van der Waals surface area contributed by atoms with Gasteiger partial charge in [0.05, 0.1) is 0 Å². The molecular weight excluding hydrogens is 158 g/mol. The zero-order valence-electron chi connectivity index (χ0n) is 7.52. The summed E-state index contributed by atoms with van der Waals surface area (Å²) >= 11 is 0. The summed E-state index contributed by atoms with van der Waals surface area (Å²) in [5, 5.41) is 0. The molecule has 0 N–H and O–H groups in total. The number of rotatable bonds is 1. The van der Waals surface area contributed by atoms with Crippen LogP contribution in [0.5, 0.6) is 0 Å². The van der Waals surface area contributed by atoms with Crippen LogP contribution >= 0.6 is 0 Å². The van der Waals surface area contributed by atoms with Gasteiger partial charge in [-0.05, 0) is 31.8 Å². The van der Waals surface area contributed by atoms with Gasteiger partial charge < -0.3 is 0 Å². The lowest BCUT2D eigenvalue weighted by molar-refractivity contribution is -0.0167. The first-order valence-corrected chi connectivity index (χ1v) is 4.72. The highest BCUT2D eigenvalue weighted by molar-refractivity contribution is 4.99. The summed E-state index contributed by atoms with van der Waals surface area (Å²) in [6, 6.07) is 0. The maximum absolute atomic E-state index is 13.2. The molecule has 0 fully saturated rings. The Labute approximate surface area is 72.7 Å². The van der Waals surface area contributed by atoms with Crippen LogP contribution in [-0.4, -0.2) is 5.92 Å². The van der Waals surface area contributed by atoms with E-state index in [1.54, 1.807) is 6.08 Å². The molecule has 0 aliphatic heterocycles. The van der Waals surface area contributed by atoms with Crippen LogP contribution in [0.1, 0.15) is 39.0 Å². The standard InChI is InChI=1S/C10H16F2/c1-2-9-7-5-3-4-6-8-10(9,11)12/h6,8-9H,2-5,7H2,1H3/b8-6-. The van der Waals surface area contributed by atoms with Crippen LogP contribution in [0.2, 0.25) is 0 Å². The summed E-state index contributed by atoms with van der Waals surface area (Å²) in [7, 11) is 0. The SMILES string of the molecule is CCC1CCCC/C=C\C1(F)F. The topological polar surface area (TPSA) is 0 Å². The van der Waals surface area contributed by atoms with E-state index < -0.39 is 11.8 Å². The molecule has 0 aromatic heterocycles. The second kappa shape index (κ2) is 4.01. The third kappa shape index (κ3) is 2.29. The highest BCUT2D eigenvalue weighted by Crippen LogP contribution is 2.34. The van der Waals surface area contributed by atoms with Gasteiger partial charge in [0.25, 0.3) is 5.92 Å². The minimum absolute atomic E-state index is 0.436. The van der Waals surface area contributed by atoms with Gasteiger partial charge in [-0.25, -0.2) is 8.78 Å². The van der Waals surface area contributed by atoms with E-state index >= 15 is 0 Å². The molecule has 70 valence electrons. The Morgan fingerprint density at radius 1 is 1.42 bits per heavy atom. The van der Waals surface area contributed by atoms with Crippen molar-refractivity contribution in [2.45, 2.75) is 45.0 Å². The molecule has 1 aliphatic rings. The molecule has 0 nitrogen and oxygen atoms in total. The van der Waals surface area contributed by atoms with E-state index in [4.69, 9.17) is 0 Å². The molecule has 1 atom stereocenters. The average Bonchev–Trinajstić information content (AvgIpc) is 1.99. The van der Waals surface area contributed by atoms with Crippen molar-refractivity contribution in [3.8, 4) is 0 Å². The molecule has 1 unspecified atom stereocenters. The van der Waals surface area contributed by atoms with E-state index in [0.29, 0.717) is 12.8 Å². The van der Waals surface area contributed by atoms with Crippen LogP contribution in [0.4, 0.5) is 8.78 Å². The molecule has 0 amide bonds. The van der Waals surface area contributed by atoms with Crippen molar-refractivity contribution in [2.75, 3.05) is 0 Å². The largest absolute Gasteiger partial charge is 0.269 e. The van der Waals surface area contributed by atoms with Crippen molar-refractivity contribution in [3.63, 3.8) is 0 Å². The molecule has 0 radical (unpaired) electrons. The molecule has 0 heterocycles. The quantitative estimate of drug-likeness (QED) is 0.531. The number of hydrogen-bond donors (Lipinski definition) is 0. The molecule has 12 heavy (non-hydrogen) atoms. The zero-order chi connectivity index (χ0) is 9.03. The normalized spacial score (nSPS) is 32.1. The molecule has 1 aliphatic carbocycles. The Hall–Kier alpha value is -0.400. The van der Waals surface area contributed by atoms with Crippen molar-refractivity contribution in [1.82, 2.24) is 0 Å². The van der Waals surface area contributed by atoms with Crippen molar-refractivity contribution in [3.05, 3.63) is 12.2 Å². The van der Waals surface area contributed by atoms with Gasteiger partial charge >= 0.3 is 0 Å². The van der Waals surface area contributed by atoms with Gasteiger partial charge in [0.2, 0.25) is 0 Å². The summed E-state index contributed by atoms with van der Waals surface area (Å²) in [5.74, 6) is -3.00. The molecule has 0 aromatic carbocycles. The maximum Gasteiger partial charge on any atom is 0.269 e. The van der Waals surface area contributed by atoms with Crippen LogP contribution < -0.4 is 0 Å². The fraction of sp³-hybridized carbons (Fsp3) is 0.800. The Bertz CT molecular complexity index is 161. The Morgan fingerprint density at radius 3 is 2.83 bits per heavy atom. The minimum atomic E-state index is -2.56. The van der Waals surface area contributed by atoms with Crippen molar-refractivity contribution < 1.29 is 8.78 Å². The predicted molar refractivity (Wildman–Crippen MR) is 46.3 cm³/mol. The molecule has 0 saturated carbocycles. The lowest BCUT2D eigenvalue weighted by Gasteiger charge is -2.24. The van der Waals surface area contributed by atoms with Crippen molar-refractivity contribution >= 4 is 0 Å². The first-order valence-electron chi connectivity index (χ1n) is 4.72. The van der Waals surface area contributed by atoms with Crippen LogP contribution in [0.25, 0.3) is 0 Å². The van der Waals surface area contributed by atoms with E-state index in [1.807, 2.05) is 6.92 Å². The summed E-state index contributed by atoms with van der Waals surface area (Å²) in [4.78, 5) is 0. The van der Waals surface area contributed by atoms with Crippen molar-refractivity contribution in [1.29, 1.82) is 0 Å². The van der Waals surface area contributed by atoms with Gasteiger partial charge in [0.1, 0.15) is 0 Å². The zero-order valence-corrected chi connectivity index (χ0v) is 7.52. The molecule has 0 bridgehead atoms. The number of hydrogen-bond acceptors (Lipinski definition) is 0. The highest BCUT2D eigenvalue weighted by Gasteiger charge is 2.35. The fourth-order valence-electron chi connectivity index (χ4n) is 1.70. The van der Waals surface area contributed by atoms with Gasteiger partial charge in [-0.15, -0.1) is 0 Å². The summed E-state index contributed by atoms with van der Waals surface area (Å²) in [5.41, 5.74) is 0. The van der Waals surface area contributed by atoms with Gasteiger partial charge in [0.15, 0.2) is 0 Å². The third-order valence-corrected chi connectivity index (χ3v) is 2.55. The summed E-state index contributed by atoms with van der Waals surface area (Å²) in [6.45, 7) is 1.84. The smallest absolute Gasteiger partial charge is 0.202 e. The van der Waals surface area contributed by atoms with Gasteiger partial charge in [0, 0.05) is 5.92 Å². The predicted octanol–water partition coefficient (Wildman–Crippen LogP) is 3.78. The fourth-order valence-corrected chi connectivity index (χ4v) is 1.70. The molecule has 1 rings (SSSR count). The molecule has 0 aromatic rings. The Balaban J connectivity index is 2.67. The lowest BCUT2D eigenvalue weighted by Crippen LogP contribution is -2.26. The summed E-state index contributed by atoms with van der Waals surface area (Å²) < 4.78 is 26.4. The van der Waals surface area contributed by atoms with Gasteiger partial charge in [-0.2, -0.15) is 0 Å². The van der Waals surface area contributed by atoms with Crippen LogP contribution in [0.15, 0.2) is 12.2 Å². The lowest BCUT2D eigenvalue weighted by atomic mass is 9.90. The third-order valence-electron chi connectivity index (χ3n) is 2.55. The Kier molecular flexibility index (Phi) is 3.24. The number of halogens is 2. The molecule has 0 spiro atoms. The second-order valence-corrected chi connectivity index (χ2v) is 3.47. The molecule has 0 saturated heterocycles. The van der Waals surface area contributed by atoms with Gasteiger partial charge in [-0.3, -0.25) is 0 Å². The first-order chi connectivity index (χ1) is 5.67. The Morgan fingerprint density at radius 2 is 2.17 bits per heavy atom. The van der Waals surface area contributed by atoms with Crippen molar-refractivity contribution in [2.24, 2.45) is 5.92 Å². The van der Waals surface area contributed by atoms with E-state index in [9.17, 15) is 8.78 Å². The maximum atomic E-state index is 13.2. The van der Waals surface area contributed by atoms with E-state index in [0.717, 1.165) is 25.3 Å². The number of allylic oxidation sites excluding steroid dienone is 2. The van der Waals surface area contributed by atoms with Gasteiger partial charge in [-0.1, -0.05) is 19.4 Å². The number of alkyl halides is 2. The van der Waals surface area contributed by atoms with Crippen LogP contribution in [-0.2, 0) is 0 Å². The minimum Gasteiger partial charge on any atom is -0.202 e. The van der Waals surface area contributed by atoms with E-state index in [1.165, 1.54) is 0 Å². The average molecular weight is 174 g/mol. The molecular formula is C10H16F2.